The Morgan fingerprint density at radius 3 is 3.00 bits per heavy atom. The second-order valence-electron chi connectivity index (χ2n) is 3.61. The third kappa shape index (κ3) is 3.68. The third-order valence-corrected chi connectivity index (χ3v) is 3.70. The molecular weight excluding hydrogens is 295 g/mol. The van der Waals surface area contributed by atoms with Gasteiger partial charge in [0, 0.05) is 23.4 Å². The zero-order chi connectivity index (χ0) is 12.3. The fraction of sp³-hybridized carbons (Fsp3) is 0.364. The number of carbonyl (C=O) groups is 1. The Morgan fingerprint density at radius 2 is 2.39 bits per heavy atom. The molecule has 7 heteroatoms. The minimum absolute atomic E-state index is 0. The van der Waals surface area contributed by atoms with Crippen molar-refractivity contribution in [3.63, 3.8) is 0 Å². The fourth-order valence-corrected chi connectivity index (χ4v) is 2.67. The van der Waals surface area contributed by atoms with Crippen LogP contribution in [-0.4, -0.2) is 30.7 Å². The number of rotatable bonds is 3. The van der Waals surface area contributed by atoms with Crippen LogP contribution in [0.1, 0.15) is 0 Å². The summed E-state index contributed by atoms with van der Waals surface area (Å²) in [5, 5.41) is 6.47. The molecular formula is C11H14Cl2N2O2S. The first-order valence-corrected chi connectivity index (χ1v) is 6.69. The van der Waals surface area contributed by atoms with Gasteiger partial charge in [0.05, 0.1) is 18.2 Å². The molecule has 1 heterocycles. The van der Waals surface area contributed by atoms with E-state index in [1.54, 1.807) is 37.1 Å². The molecule has 1 aliphatic rings. The largest absolute Gasteiger partial charge is 0.495 e. The molecule has 1 aromatic carbocycles. The van der Waals surface area contributed by atoms with Gasteiger partial charge in [0.15, 0.2) is 0 Å². The van der Waals surface area contributed by atoms with Crippen LogP contribution in [0.25, 0.3) is 0 Å². The molecule has 0 radical (unpaired) electrons. The van der Waals surface area contributed by atoms with E-state index in [0.29, 0.717) is 16.5 Å². The van der Waals surface area contributed by atoms with E-state index in [1.165, 1.54) is 0 Å². The summed E-state index contributed by atoms with van der Waals surface area (Å²) in [6, 6.07) is 5.04. The second-order valence-corrected chi connectivity index (χ2v) is 5.05. The Labute approximate surface area is 121 Å². The average molecular weight is 309 g/mol. The zero-order valence-corrected chi connectivity index (χ0v) is 12.1. The highest BCUT2D eigenvalue weighted by atomic mass is 35.5. The molecule has 2 N–H and O–H groups in total. The van der Waals surface area contributed by atoms with Crippen molar-refractivity contribution >= 4 is 47.4 Å². The summed E-state index contributed by atoms with van der Waals surface area (Å²) < 4.78 is 5.09. The number of hydrogen-bond donors (Lipinski definition) is 2. The number of carbonyl (C=O) groups excluding carboxylic acids is 1. The highest BCUT2D eigenvalue weighted by molar-refractivity contribution is 7.99. The first-order chi connectivity index (χ1) is 8.20. The minimum Gasteiger partial charge on any atom is -0.495 e. The highest BCUT2D eigenvalue weighted by Gasteiger charge is 2.22. The molecule has 0 aliphatic carbocycles. The lowest BCUT2D eigenvalue weighted by molar-refractivity contribution is -0.117. The van der Waals surface area contributed by atoms with E-state index in [4.69, 9.17) is 16.3 Å². The van der Waals surface area contributed by atoms with Gasteiger partial charge in [-0.05, 0) is 12.1 Å². The molecule has 0 bridgehead atoms. The predicted octanol–water partition coefficient (Wildman–Crippen LogP) is 2.37. The van der Waals surface area contributed by atoms with E-state index >= 15 is 0 Å². The van der Waals surface area contributed by atoms with Crippen LogP contribution in [0.2, 0.25) is 5.02 Å². The SMILES string of the molecule is COc1cc(NC(=O)C2CSCN2)ccc1Cl.Cl. The molecule has 1 aromatic rings. The summed E-state index contributed by atoms with van der Waals surface area (Å²) >= 11 is 7.62. The van der Waals surface area contributed by atoms with E-state index in [0.717, 1.165) is 11.6 Å². The normalized spacial score (nSPS) is 18.0. The van der Waals surface area contributed by atoms with Crippen LogP contribution in [0.15, 0.2) is 18.2 Å². The molecule has 2 rings (SSSR count). The molecule has 1 fully saturated rings. The van der Waals surface area contributed by atoms with Gasteiger partial charge in [-0.25, -0.2) is 0 Å². The van der Waals surface area contributed by atoms with E-state index in [9.17, 15) is 4.79 Å². The molecule has 1 amide bonds. The maximum absolute atomic E-state index is 11.8. The minimum atomic E-state index is -0.123. The average Bonchev–Trinajstić information content (AvgIpc) is 2.85. The lowest BCUT2D eigenvalue weighted by Gasteiger charge is -2.11. The van der Waals surface area contributed by atoms with Crippen LogP contribution >= 0.6 is 35.8 Å². The van der Waals surface area contributed by atoms with Gasteiger partial charge in [-0.1, -0.05) is 11.6 Å². The first-order valence-electron chi connectivity index (χ1n) is 5.16. The van der Waals surface area contributed by atoms with Crippen LogP contribution in [0.4, 0.5) is 5.69 Å². The maximum Gasteiger partial charge on any atom is 0.242 e. The van der Waals surface area contributed by atoms with Crippen LogP contribution < -0.4 is 15.4 Å². The third-order valence-electron chi connectivity index (χ3n) is 2.45. The number of nitrogens with one attached hydrogen (secondary N) is 2. The Morgan fingerprint density at radius 1 is 1.61 bits per heavy atom. The van der Waals surface area contributed by atoms with Crippen molar-refractivity contribution in [2.24, 2.45) is 0 Å². The molecule has 4 nitrogen and oxygen atoms in total. The summed E-state index contributed by atoms with van der Waals surface area (Å²) in [6.45, 7) is 0. The van der Waals surface area contributed by atoms with Crippen LogP contribution in [0.3, 0.4) is 0 Å². The van der Waals surface area contributed by atoms with Gasteiger partial charge in [-0.2, -0.15) is 0 Å². The molecule has 0 saturated carbocycles. The number of amides is 1. The number of halogens is 2. The number of benzene rings is 1. The van der Waals surface area contributed by atoms with E-state index in [1.807, 2.05) is 0 Å². The molecule has 1 atom stereocenters. The van der Waals surface area contributed by atoms with Gasteiger partial charge >= 0.3 is 0 Å². The molecule has 0 spiro atoms. The summed E-state index contributed by atoms with van der Waals surface area (Å²) in [5.41, 5.74) is 0.690. The monoisotopic (exact) mass is 308 g/mol. The maximum atomic E-state index is 11.8. The molecule has 1 aliphatic heterocycles. The number of ether oxygens (including phenoxy) is 1. The van der Waals surface area contributed by atoms with Crippen molar-refractivity contribution in [3.8, 4) is 5.75 Å². The smallest absolute Gasteiger partial charge is 0.242 e. The molecule has 0 aromatic heterocycles. The van der Waals surface area contributed by atoms with Crippen molar-refractivity contribution in [1.29, 1.82) is 0 Å². The Balaban J connectivity index is 0.00000162. The van der Waals surface area contributed by atoms with Gasteiger partial charge in [0.25, 0.3) is 0 Å². The highest BCUT2D eigenvalue weighted by Crippen LogP contribution is 2.27. The lowest BCUT2D eigenvalue weighted by atomic mass is 10.2. The van der Waals surface area contributed by atoms with Crippen molar-refractivity contribution in [2.45, 2.75) is 6.04 Å². The summed E-state index contributed by atoms with van der Waals surface area (Å²) in [5.74, 6) is 2.15. The molecule has 18 heavy (non-hydrogen) atoms. The van der Waals surface area contributed by atoms with Gasteiger partial charge in [-0.3, -0.25) is 10.1 Å². The number of methoxy groups -OCH3 is 1. The zero-order valence-electron chi connectivity index (χ0n) is 9.73. The van der Waals surface area contributed by atoms with Crippen LogP contribution in [-0.2, 0) is 4.79 Å². The summed E-state index contributed by atoms with van der Waals surface area (Å²) in [6.07, 6.45) is 0. The number of thioether (sulfide) groups is 1. The standard InChI is InChI=1S/C11H13ClN2O2S.ClH/c1-16-10-4-7(2-3-8(10)12)14-11(15)9-5-17-6-13-9;/h2-4,9,13H,5-6H2,1H3,(H,14,15);1H. The quantitative estimate of drug-likeness (QED) is 0.900. The summed E-state index contributed by atoms with van der Waals surface area (Å²) in [4.78, 5) is 11.8. The Kier molecular flexibility index (Phi) is 6.08. The Bertz CT molecular complexity index is 426. The second kappa shape index (κ2) is 7.09. The van der Waals surface area contributed by atoms with Gasteiger partial charge in [0.1, 0.15) is 5.75 Å². The Hall–Kier alpha value is -0.620. The van der Waals surface area contributed by atoms with Crippen molar-refractivity contribution in [1.82, 2.24) is 5.32 Å². The first kappa shape index (κ1) is 15.4. The molecule has 1 saturated heterocycles. The van der Waals surface area contributed by atoms with Gasteiger partial charge in [-0.15, -0.1) is 24.2 Å². The molecule has 1 unspecified atom stereocenters. The summed E-state index contributed by atoms with van der Waals surface area (Å²) in [7, 11) is 1.54. The van der Waals surface area contributed by atoms with E-state index < -0.39 is 0 Å². The van der Waals surface area contributed by atoms with Crippen LogP contribution in [0, 0.1) is 0 Å². The van der Waals surface area contributed by atoms with Crippen molar-refractivity contribution in [2.75, 3.05) is 24.1 Å². The van der Waals surface area contributed by atoms with E-state index in [2.05, 4.69) is 10.6 Å². The van der Waals surface area contributed by atoms with Crippen molar-refractivity contribution in [3.05, 3.63) is 23.2 Å². The fourth-order valence-electron chi connectivity index (χ4n) is 1.53. The number of hydrogen-bond acceptors (Lipinski definition) is 4. The van der Waals surface area contributed by atoms with Gasteiger partial charge in [0.2, 0.25) is 5.91 Å². The predicted molar refractivity (Wildman–Crippen MR) is 78.1 cm³/mol. The van der Waals surface area contributed by atoms with Gasteiger partial charge < -0.3 is 10.1 Å². The number of anilines is 1. The lowest BCUT2D eigenvalue weighted by Crippen LogP contribution is -2.37. The molecule has 100 valence electrons. The van der Waals surface area contributed by atoms with E-state index in [-0.39, 0.29) is 24.4 Å². The van der Waals surface area contributed by atoms with Crippen molar-refractivity contribution < 1.29 is 9.53 Å². The topological polar surface area (TPSA) is 50.4 Å². The van der Waals surface area contributed by atoms with Crippen LogP contribution in [0.5, 0.6) is 5.75 Å².